The lowest BCUT2D eigenvalue weighted by molar-refractivity contribution is -0.255. The molecule has 25 heavy (non-hydrogen) atoms. The first-order chi connectivity index (χ1) is 12.1. The van der Waals surface area contributed by atoms with E-state index >= 15 is 0 Å². The molecule has 6 nitrogen and oxygen atoms in total. The van der Waals surface area contributed by atoms with Crippen molar-refractivity contribution in [1.82, 2.24) is 14.9 Å². The Hall–Kier alpha value is -2.64. The van der Waals surface area contributed by atoms with Gasteiger partial charge in [-0.25, -0.2) is 0 Å². The van der Waals surface area contributed by atoms with E-state index in [2.05, 4.69) is 15.3 Å². The molecule has 0 aliphatic carbocycles. The highest BCUT2D eigenvalue weighted by molar-refractivity contribution is 7.98. The van der Waals surface area contributed by atoms with E-state index in [4.69, 9.17) is 11.6 Å². The second-order valence-electron chi connectivity index (χ2n) is 4.96. The van der Waals surface area contributed by atoms with E-state index in [0.717, 1.165) is 5.56 Å². The minimum atomic E-state index is -1.25. The smallest absolute Gasteiger partial charge is 0.212 e. The van der Waals surface area contributed by atoms with Gasteiger partial charge in [-0.1, -0.05) is 65.8 Å². The third kappa shape index (κ3) is 4.26. The lowest BCUT2D eigenvalue weighted by atomic mass is 10.1. The maximum absolute atomic E-state index is 11.1. The Balaban J connectivity index is 1.76. The molecule has 0 saturated carbocycles. The fourth-order valence-electron chi connectivity index (χ4n) is 2.07. The molecule has 0 radical (unpaired) electrons. The number of hydrogen-bond acceptors (Lipinski definition) is 6. The van der Waals surface area contributed by atoms with Gasteiger partial charge < -0.3 is 9.90 Å². The molecule has 0 bridgehead atoms. The van der Waals surface area contributed by atoms with Gasteiger partial charge in [0.1, 0.15) is 6.33 Å². The Morgan fingerprint density at radius 1 is 1.24 bits per heavy atom. The molecule has 0 N–H and O–H groups in total. The molecule has 3 rings (SSSR count). The second kappa shape index (κ2) is 7.96. The zero-order chi connectivity index (χ0) is 17.6. The van der Waals surface area contributed by atoms with Crippen LogP contribution < -0.4 is 5.11 Å². The first-order valence-corrected chi connectivity index (χ1v) is 8.62. The van der Waals surface area contributed by atoms with Crippen molar-refractivity contribution in [2.45, 2.75) is 10.9 Å². The summed E-state index contributed by atoms with van der Waals surface area (Å²) in [5, 5.41) is 24.5. The summed E-state index contributed by atoms with van der Waals surface area (Å²) in [5.41, 5.74) is 1.50. The van der Waals surface area contributed by atoms with Crippen LogP contribution in [0.3, 0.4) is 0 Å². The minimum absolute atomic E-state index is 0.0737. The van der Waals surface area contributed by atoms with Gasteiger partial charge in [-0.3, -0.25) is 0 Å². The summed E-state index contributed by atoms with van der Waals surface area (Å²) in [6.07, 6.45) is 2.89. The van der Waals surface area contributed by atoms with Crippen LogP contribution >= 0.6 is 23.4 Å². The van der Waals surface area contributed by atoms with Gasteiger partial charge in [-0.2, -0.15) is 9.78 Å². The Morgan fingerprint density at radius 3 is 2.80 bits per heavy atom. The summed E-state index contributed by atoms with van der Waals surface area (Å²) in [5.74, 6) is -0.636. The maximum Gasteiger partial charge on any atom is 0.212 e. The van der Waals surface area contributed by atoms with Gasteiger partial charge in [-0.15, -0.1) is 10.2 Å². The molecule has 0 unspecified atom stereocenters. The van der Waals surface area contributed by atoms with Crippen molar-refractivity contribution in [3.8, 4) is 0 Å². The van der Waals surface area contributed by atoms with Crippen LogP contribution in [-0.2, 0) is 5.75 Å². The van der Waals surface area contributed by atoms with Gasteiger partial charge in [0, 0.05) is 21.9 Å². The molecule has 126 valence electrons. The number of aromatic carboxylic acids is 1. The Labute approximate surface area is 153 Å². The quantitative estimate of drug-likeness (QED) is 0.491. The summed E-state index contributed by atoms with van der Waals surface area (Å²) in [6, 6.07) is 14.0. The highest BCUT2D eigenvalue weighted by atomic mass is 35.5. The molecule has 0 spiro atoms. The number of nitrogens with zero attached hydrogens (tertiary/aromatic N) is 4. The van der Waals surface area contributed by atoms with Gasteiger partial charge in [-0.05, 0) is 11.6 Å². The molecule has 1 heterocycles. The van der Waals surface area contributed by atoms with Crippen LogP contribution in [0.5, 0.6) is 0 Å². The number of carboxylic acids is 1. The molecule has 0 aliphatic rings. The number of thioether (sulfide) groups is 1. The van der Waals surface area contributed by atoms with E-state index in [0.29, 0.717) is 21.5 Å². The molecule has 0 atom stereocenters. The molecular formula is C17H12ClN4O2S-. The number of rotatable bonds is 6. The predicted octanol–water partition coefficient (Wildman–Crippen LogP) is 2.47. The SMILES string of the molecule is O=C([O-])c1ccccc1/C=N\n1cnnc1SCc1ccccc1Cl. The zero-order valence-corrected chi connectivity index (χ0v) is 14.4. The van der Waals surface area contributed by atoms with Gasteiger partial charge in [0.2, 0.25) is 5.16 Å². The van der Waals surface area contributed by atoms with Crippen molar-refractivity contribution < 1.29 is 9.90 Å². The average molecular weight is 372 g/mol. The molecule has 0 fully saturated rings. The van der Waals surface area contributed by atoms with Crippen molar-refractivity contribution in [2.75, 3.05) is 0 Å². The van der Waals surface area contributed by atoms with E-state index in [-0.39, 0.29) is 5.56 Å². The largest absolute Gasteiger partial charge is 0.545 e. The number of carboxylic acid groups (broad SMARTS) is 1. The topological polar surface area (TPSA) is 83.2 Å². The lowest BCUT2D eigenvalue weighted by Crippen LogP contribution is -2.23. The normalized spacial score (nSPS) is 11.1. The standard InChI is InChI=1S/C17H13ClN4O2S/c18-15-8-4-2-6-13(15)10-25-17-21-19-11-22(17)20-9-12-5-1-3-7-14(12)16(23)24/h1-9,11H,10H2,(H,23,24)/p-1/b20-9-. The molecule has 0 amide bonds. The second-order valence-corrected chi connectivity index (χ2v) is 6.31. The van der Waals surface area contributed by atoms with Crippen LogP contribution in [-0.4, -0.2) is 27.1 Å². The Kier molecular flexibility index (Phi) is 5.47. The number of hydrogen-bond donors (Lipinski definition) is 0. The van der Waals surface area contributed by atoms with Crippen LogP contribution in [0, 0.1) is 0 Å². The van der Waals surface area contributed by atoms with E-state index < -0.39 is 5.97 Å². The fraction of sp³-hybridized carbons (Fsp3) is 0.0588. The predicted molar refractivity (Wildman–Crippen MR) is 94.8 cm³/mol. The summed E-state index contributed by atoms with van der Waals surface area (Å²) in [4.78, 5) is 11.1. The van der Waals surface area contributed by atoms with E-state index in [1.165, 1.54) is 35.0 Å². The summed E-state index contributed by atoms with van der Waals surface area (Å²) >= 11 is 7.57. The fourth-order valence-corrected chi connectivity index (χ4v) is 3.22. The van der Waals surface area contributed by atoms with Crippen molar-refractivity contribution in [3.05, 3.63) is 76.6 Å². The number of benzene rings is 2. The highest BCUT2D eigenvalue weighted by Crippen LogP contribution is 2.25. The third-order valence-electron chi connectivity index (χ3n) is 3.32. The van der Waals surface area contributed by atoms with Crippen molar-refractivity contribution >= 4 is 35.5 Å². The first kappa shape index (κ1) is 17.2. The van der Waals surface area contributed by atoms with E-state index in [9.17, 15) is 9.90 Å². The van der Waals surface area contributed by atoms with Gasteiger partial charge >= 0.3 is 0 Å². The number of halogens is 1. The average Bonchev–Trinajstić information content (AvgIpc) is 3.07. The maximum atomic E-state index is 11.1. The lowest BCUT2D eigenvalue weighted by Gasteiger charge is -2.06. The Bertz CT molecular complexity index is 926. The number of carbonyl (C=O) groups is 1. The molecule has 0 saturated heterocycles. The Morgan fingerprint density at radius 2 is 2.00 bits per heavy atom. The highest BCUT2D eigenvalue weighted by Gasteiger charge is 2.07. The van der Waals surface area contributed by atoms with Crippen LogP contribution in [0.1, 0.15) is 21.5 Å². The summed E-state index contributed by atoms with van der Waals surface area (Å²) < 4.78 is 1.48. The molecule has 2 aromatic carbocycles. The van der Waals surface area contributed by atoms with Crippen molar-refractivity contribution in [3.63, 3.8) is 0 Å². The van der Waals surface area contributed by atoms with Crippen LogP contribution in [0.25, 0.3) is 0 Å². The number of aromatic nitrogens is 3. The van der Waals surface area contributed by atoms with Gasteiger partial charge in [0.05, 0.1) is 12.2 Å². The molecular weight excluding hydrogens is 360 g/mol. The zero-order valence-electron chi connectivity index (χ0n) is 12.9. The summed E-state index contributed by atoms with van der Waals surface area (Å²) in [7, 11) is 0. The first-order valence-electron chi connectivity index (χ1n) is 7.26. The van der Waals surface area contributed by atoms with Crippen LogP contribution in [0.4, 0.5) is 0 Å². The molecule has 1 aromatic heterocycles. The van der Waals surface area contributed by atoms with E-state index in [1.54, 1.807) is 18.2 Å². The monoisotopic (exact) mass is 371 g/mol. The van der Waals surface area contributed by atoms with Crippen molar-refractivity contribution in [2.24, 2.45) is 5.10 Å². The molecule has 0 aliphatic heterocycles. The van der Waals surface area contributed by atoms with Gasteiger partial charge in [0.15, 0.2) is 0 Å². The minimum Gasteiger partial charge on any atom is -0.545 e. The van der Waals surface area contributed by atoms with Crippen LogP contribution in [0.15, 0.2) is 65.1 Å². The third-order valence-corrected chi connectivity index (χ3v) is 4.67. The summed E-state index contributed by atoms with van der Waals surface area (Å²) in [6.45, 7) is 0. The molecule has 8 heteroatoms. The van der Waals surface area contributed by atoms with E-state index in [1.807, 2.05) is 24.3 Å². The molecule has 3 aromatic rings. The van der Waals surface area contributed by atoms with Crippen molar-refractivity contribution in [1.29, 1.82) is 0 Å². The number of carbonyl (C=O) groups excluding carboxylic acids is 1. The van der Waals surface area contributed by atoms with Gasteiger partial charge in [0.25, 0.3) is 0 Å². The van der Waals surface area contributed by atoms with Crippen LogP contribution in [0.2, 0.25) is 5.02 Å².